The molecule has 0 bridgehead atoms. The molecule has 0 aliphatic rings. The number of aryl methyl sites for hydroxylation is 1. The van der Waals surface area contributed by atoms with Crippen molar-refractivity contribution in [2.75, 3.05) is 13.7 Å². The molecule has 1 heterocycles. The Bertz CT molecular complexity index is 639. The maximum absolute atomic E-state index is 12.3. The van der Waals surface area contributed by atoms with E-state index in [1.807, 2.05) is 0 Å². The first-order valence-corrected chi connectivity index (χ1v) is 6.89. The third-order valence-electron chi connectivity index (χ3n) is 3.28. The zero-order valence-electron chi connectivity index (χ0n) is 12.1. The van der Waals surface area contributed by atoms with Crippen molar-refractivity contribution < 1.29 is 9.90 Å². The van der Waals surface area contributed by atoms with E-state index in [9.17, 15) is 4.79 Å². The Morgan fingerprint density at radius 2 is 2.05 bits per heavy atom. The third kappa shape index (κ3) is 3.22. The van der Waals surface area contributed by atoms with Crippen LogP contribution in [0.1, 0.15) is 23.4 Å². The molecule has 0 aliphatic heterocycles. The highest BCUT2D eigenvalue weighted by atomic mass is 35.5. The largest absolute Gasteiger partial charge is 0.394 e. The number of rotatable bonds is 4. The molecule has 1 aromatic heterocycles. The summed E-state index contributed by atoms with van der Waals surface area (Å²) in [6.45, 7) is 3.41. The molecule has 1 amide bonds. The fraction of sp³-hybridized carbons (Fsp3) is 0.357. The molecule has 0 radical (unpaired) electrons. The molecule has 7 heteroatoms. The van der Waals surface area contributed by atoms with E-state index >= 15 is 0 Å². The second-order valence-electron chi connectivity index (χ2n) is 4.82. The van der Waals surface area contributed by atoms with Gasteiger partial charge in [-0.05, 0) is 38.1 Å². The number of hydrogen-bond donors (Lipinski definition) is 1. The Kier molecular flexibility index (Phi) is 4.59. The van der Waals surface area contributed by atoms with Gasteiger partial charge in [-0.1, -0.05) is 11.6 Å². The monoisotopic (exact) mass is 308 g/mol. The van der Waals surface area contributed by atoms with Gasteiger partial charge in [0, 0.05) is 12.1 Å². The van der Waals surface area contributed by atoms with Gasteiger partial charge in [-0.15, -0.1) is 5.10 Å². The number of amides is 1. The van der Waals surface area contributed by atoms with Crippen LogP contribution in [0.3, 0.4) is 0 Å². The van der Waals surface area contributed by atoms with Crippen molar-refractivity contribution in [2.45, 2.75) is 19.9 Å². The number of carbonyl (C=O) groups excluding carboxylic acids is 1. The zero-order chi connectivity index (χ0) is 15.6. The first kappa shape index (κ1) is 15.5. The quantitative estimate of drug-likeness (QED) is 0.933. The molecule has 6 nitrogen and oxygen atoms in total. The second kappa shape index (κ2) is 6.24. The van der Waals surface area contributed by atoms with Crippen LogP contribution in [0.5, 0.6) is 0 Å². The smallest absolute Gasteiger partial charge is 0.293 e. The van der Waals surface area contributed by atoms with Gasteiger partial charge in [0.2, 0.25) is 5.82 Å². The van der Waals surface area contributed by atoms with Gasteiger partial charge in [0.05, 0.1) is 18.3 Å². The number of halogens is 1. The number of aliphatic hydroxyl groups is 1. The van der Waals surface area contributed by atoms with E-state index in [4.69, 9.17) is 16.7 Å². The lowest BCUT2D eigenvalue weighted by atomic mass is 10.3. The van der Waals surface area contributed by atoms with Crippen molar-refractivity contribution in [3.63, 3.8) is 0 Å². The summed E-state index contributed by atoms with van der Waals surface area (Å²) in [5.41, 5.74) is 0.779. The molecule has 0 saturated heterocycles. The molecule has 0 saturated carbocycles. The molecule has 2 rings (SSSR count). The molecule has 1 N–H and O–H groups in total. The number of likely N-dealkylation sites (N-methyl/N-ethyl adjacent to an activating group) is 1. The molecule has 0 fully saturated rings. The molecule has 1 aromatic carbocycles. The van der Waals surface area contributed by atoms with Crippen molar-refractivity contribution >= 4 is 17.5 Å². The van der Waals surface area contributed by atoms with Crippen molar-refractivity contribution in [3.8, 4) is 5.69 Å². The van der Waals surface area contributed by atoms with Gasteiger partial charge in [0.25, 0.3) is 5.91 Å². The average Bonchev–Trinajstić information content (AvgIpc) is 2.87. The minimum Gasteiger partial charge on any atom is -0.394 e. The number of aromatic nitrogens is 3. The zero-order valence-corrected chi connectivity index (χ0v) is 12.9. The van der Waals surface area contributed by atoms with Crippen LogP contribution in [-0.2, 0) is 0 Å². The van der Waals surface area contributed by atoms with Crippen molar-refractivity contribution in [3.05, 3.63) is 40.9 Å². The summed E-state index contributed by atoms with van der Waals surface area (Å²) in [5.74, 6) is 0.378. The Hall–Kier alpha value is -1.92. The highest BCUT2D eigenvalue weighted by Gasteiger charge is 2.22. The summed E-state index contributed by atoms with van der Waals surface area (Å²) in [5, 5.41) is 14.0. The van der Waals surface area contributed by atoms with Crippen LogP contribution >= 0.6 is 11.6 Å². The molecule has 0 aliphatic carbocycles. The first-order chi connectivity index (χ1) is 9.93. The SMILES string of the molecule is Cc1nc(C(=O)N(C)C(C)CO)nn1-c1ccc(Cl)cc1. The van der Waals surface area contributed by atoms with Crippen LogP contribution in [0.15, 0.2) is 24.3 Å². The molecule has 0 spiro atoms. The van der Waals surface area contributed by atoms with E-state index < -0.39 is 0 Å². The van der Waals surface area contributed by atoms with E-state index in [0.29, 0.717) is 10.8 Å². The fourth-order valence-electron chi connectivity index (χ4n) is 1.79. The number of hydrogen-bond acceptors (Lipinski definition) is 4. The fourth-order valence-corrected chi connectivity index (χ4v) is 1.91. The Labute approximate surface area is 128 Å². The van der Waals surface area contributed by atoms with Crippen LogP contribution in [-0.4, -0.2) is 50.4 Å². The number of carbonyl (C=O) groups is 1. The molecule has 1 unspecified atom stereocenters. The van der Waals surface area contributed by atoms with Crippen molar-refractivity contribution in [1.82, 2.24) is 19.7 Å². The number of nitrogens with zero attached hydrogens (tertiary/aromatic N) is 4. The lowest BCUT2D eigenvalue weighted by Crippen LogP contribution is -2.37. The van der Waals surface area contributed by atoms with Gasteiger partial charge in [0.15, 0.2) is 0 Å². The number of aliphatic hydroxyl groups excluding tert-OH is 1. The summed E-state index contributed by atoms with van der Waals surface area (Å²) in [4.78, 5) is 17.9. The highest BCUT2D eigenvalue weighted by molar-refractivity contribution is 6.30. The molecular formula is C14H17ClN4O2. The highest BCUT2D eigenvalue weighted by Crippen LogP contribution is 2.14. The maximum Gasteiger partial charge on any atom is 0.293 e. The Morgan fingerprint density at radius 1 is 1.43 bits per heavy atom. The summed E-state index contributed by atoms with van der Waals surface area (Å²) in [6, 6.07) is 6.82. The minimum atomic E-state index is -0.327. The average molecular weight is 309 g/mol. The Balaban J connectivity index is 2.31. The standard InChI is InChI=1S/C14H17ClN4O2/c1-9(8-20)18(3)14(21)13-16-10(2)19(17-13)12-6-4-11(15)5-7-12/h4-7,9,20H,8H2,1-3H3. The second-order valence-corrected chi connectivity index (χ2v) is 5.25. The molecule has 2 aromatic rings. The summed E-state index contributed by atoms with van der Waals surface area (Å²) in [7, 11) is 1.61. The summed E-state index contributed by atoms with van der Waals surface area (Å²) < 4.78 is 1.58. The first-order valence-electron chi connectivity index (χ1n) is 6.51. The van der Waals surface area contributed by atoms with Crippen LogP contribution in [0.4, 0.5) is 0 Å². The maximum atomic E-state index is 12.3. The topological polar surface area (TPSA) is 71.2 Å². The van der Waals surface area contributed by atoms with Gasteiger partial charge in [0.1, 0.15) is 5.82 Å². The van der Waals surface area contributed by atoms with Gasteiger partial charge in [-0.25, -0.2) is 9.67 Å². The van der Waals surface area contributed by atoms with Gasteiger partial charge >= 0.3 is 0 Å². The van der Waals surface area contributed by atoms with Crippen molar-refractivity contribution in [2.24, 2.45) is 0 Å². The predicted molar refractivity (Wildman–Crippen MR) is 79.7 cm³/mol. The molecular weight excluding hydrogens is 292 g/mol. The molecule has 1 atom stereocenters. The van der Waals surface area contributed by atoms with Gasteiger partial charge in [-0.2, -0.15) is 0 Å². The van der Waals surface area contributed by atoms with E-state index in [0.717, 1.165) is 5.69 Å². The van der Waals surface area contributed by atoms with Crippen LogP contribution in [0.25, 0.3) is 5.69 Å². The van der Waals surface area contributed by atoms with E-state index in [2.05, 4.69) is 10.1 Å². The lowest BCUT2D eigenvalue weighted by Gasteiger charge is -2.21. The minimum absolute atomic E-state index is 0.102. The van der Waals surface area contributed by atoms with E-state index in [-0.39, 0.29) is 24.4 Å². The lowest BCUT2D eigenvalue weighted by molar-refractivity contribution is 0.0670. The van der Waals surface area contributed by atoms with Crippen LogP contribution in [0, 0.1) is 6.92 Å². The van der Waals surface area contributed by atoms with Crippen molar-refractivity contribution in [1.29, 1.82) is 0 Å². The molecule has 21 heavy (non-hydrogen) atoms. The van der Waals surface area contributed by atoms with E-state index in [1.165, 1.54) is 4.90 Å². The summed E-state index contributed by atoms with van der Waals surface area (Å²) in [6.07, 6.45) is 0. The number of benzene rings is 1. The van der Waals surface area contributed by atoms with E-state index in [1.54, 1.807) is 49.8 Å². The van der Waals surface area contributed by atoms with Gasteiger partial charge in [-0.3, -0.25) is 4.79 Å². The van der Waals surface area contributed by atoms with Crippen LogP contribution < -0.4 is 0 Å². The molecule has 112 valence electrons. The van der Waals surface area contributed by atoms with Crippen LogP contribution in [0.2, 0.25) is 5.02 Å². The predicted octanol–water partition coefficient (Wildman–Crippen LogP) is 1.68. The van der Waals surface area contributed by atoms with Gasteiger partial charge < -0.3 is 10.0 Å². The normalized spacial score (nSPS) is 12.2. The Morgan fingerprint density at radius 3 is 2.62 bits per heavy atom. The third-order valence-corrected chi connectivity index (χ3v) is 3.53. The summed E-state index contributed by atoms with van der Waals surface area (Å²) >= 11 is 5.86.